The number of nitrogens with zero attached hydrogens (tertiary/aromatic N) is 1. The smallest absolute Gasteiger partial charge is 0.384 e. The highest BCUT2D eigenvalue weighted by Gasteiger charge is 1.99. The molecule has 0 saturated carbocycles. The van der Waals surface area contributed by atoms with Gasteiger partial charge in [0.05, 0.1) is 6.61 Å². The number of aryl methyl sites for hydroxylation is 1. The molecule has 0 radical (unpaired) electrons. The predicted molar refractivity (Wildman–Crippen MR) is 52.4 cm³/mol. The van der Waals surface area contributed by atoms with Gasteiger partial charge in [0.2, 0.25) is 5.95 Å². The molecule has 78 valence electrons. The van der Waals surface area contributed by atoms with E-state index in [4.69, 9.17) is 0 Å². The van der Waals surface area contributed by atoms with Crippen LogP contribution in [0.1, 0.15) is 18.1 Å². The first kappa shape index (κ1) is 11.2. The highest BCUT2D eigenvalue weighted by Crippen LogP contribution is 2.05. The van der Waals surface area contributed by atoms with Crippen molar-refractivity contribution in [3.63, 3.8) is 0 Å². The van der Waals surface area contributed by atoms with Crippen molar-refractivity contribution in [1.82, 2.24) is 4.98 Å². The first-order valence-corrected chi connectivity index (χ1v) is 4.44. The molecule has 1 rings (SSSR count). The Morgan fingerprint density at radius 2 is 2.40 bits per heavy atom. The standard InChI is InChI=1S/C11H10FNO2/c1-3-15-11(14)5-4-9-6-10(12)13-7-8(9)2/h6-7H,3H2,1-2H3. The summed E-state index contributed by atoms with van der Waals surface area (Å²) in [6.45, 7) is 3.70. The second-order valence-corrected chi connectivity index (χ2v) is 2.79. The number of hydrogen-bond donors (Lipinski definition) is 0. The molecule has 1 aromatic heterocycles. The first-order chi connectivity index (χ1) is 7.13. The average molecular weight is 207 g/mol. The number of hydrogen-bond acceptors (Lipinski definition) is 3. The van der Waals surface area contributed by atoms with Crippen molar-refractivity contribution >= 4 is 5.97 Å². The monoisotopic (exact) mass is 207 g/mol. The third kappa shape index (κ3) is 3.39. The van der Waals surface area contributed by atoms with E-state index in [1.54, 1.807) is 13.8 Å². The lowest BCUT2D eigenvalue weighted by Crippen LogP contribution is -2.00. The van der Waals surface area contributed by atoms with Crippen LogP contribution in [0, 0.1) is 24.7 Å². The molecule has 0 aliphatic rings. The zero-order chi connectivity index (χ0) is 11.3. The Balaban J connectivity index is 2.88. The molecule has 4 heteroatoms. The lowest BCUT2D eigenvalue weighted by atomic mass is 10.2. The van der Waals surface area contributed by atoms with E-state index in [1.807, 2.05) is 0 Å². The van der Waals surface area contributed by atoms with Crippen LogP contribution in [-0.4, -0.2) is 17.6 Å². The van der Waals surface area contributed by atoms with E-state index in [2.05, 4.69) is 21.6 Å². The normalized spacial score (nSPS) is 9.00. The minimum atomic E-state index is -0.617. The molecule has 0 spiro atoms. The summed E-state index contributed by atoms with van der Waals surface area (Å²) in [7, 11) is 0. The number of esters is 1. The van der Waals surface area contributed by atoms with Crippen molar-refractivity contribution in [2.45, 2.75) is 13.8 Å². The molecule has 1 aromatic rings. The van der Waals surface area contributed by atoms with Crippen LogP contribution < -0.4 is 0 Å². The van der Waals surface area contributed by atoms with Crippen LogP contribution >= 0.6 is 0 Å². The number of rotatable bonds is 1. The van der Waals surface area contributed by atoms with Gasteiger partial charge in [0.1, 0.15) is 0 Å². The van der Waals surface area contributed by atoms with E-state index in [0.717, 1.165) is 0 Å². The molecular weight excluding hydrogens is 197 g/mol. The molecular formula is C11H10FNO2. The van der Waals surface area contributed by atoms with Gasteiger partial charge in [-0.15, -0.1) is 0 Å². The molecule has 15 heavy (non-hydrogen) atoms. The predicted octanol–water partition coefficient (Wildman–Crippen LogP) is 1.44. The minimum Gasteiger partial charge on any atom is -0.456 e. The van der Waals surface area contributed by atoms with Gasteiger partial charge < -0.3 is 4.74 Å². The average Bonchev–Trinajstić information content (AvgIpc) is 2.20. The Bertz CT molecular complexity index is 432. The SMILES string of the molecule is CCOC(=O)C#Cc1cc(F)ncc1C. The zero-order valence-corrected chi connectivity index (χ0v) is 8.50. The summed E-state index contributed by atoms with van der Waals surface area (Å²) in [5.74, 6) is 3.56. The number of ether oxygens (including phenoxy) is 1. The van der Waals surface area contributed by atoms with Gasteiger partial charge in [-0.05, 0) is 19.4 Å². The highest BCUT2D eigenvalue weighted by atomic mass is 19.1. The van der Waals surface area contributed by atoms with Crippen molar-refractivity contribution in [2.75, 3.05) is 6.61 Å². The van der Waals surface area contributed by atoms with E-state index in [1.165, 1.54) is 12.3 Å². The molecule has 3 nitrogen and oxygen atoms in total. The van der Waals surface area contributed by atoms with Crippen molar-refractivity contribution in [3.8, 4) is 11.8 Å². The quantitative estimate of drug-likeness (QED) is 0.397. The fraction of sp³-hybridized carbons (Fsp3) is 0.273. The Labute approximate surface area is 87.3 Å². The van der Waals surface area contributed by atoms with Gasteiger partial charge in [0, 0.05) is 23.7 Å². The summed E-state index contributed by atoms with van der Waals surface area (Å²) in [6, 6.07) is 1.18. The number of aromatic nitrogens is 1. The van der Waals surface area contributed by atoms with Crippen molar-refractivity contribution in [3.05, 3.63) is 29.3 Å². The van der Waals surface area contributed by atoms with Crippen molar-refractivity contribution in [1.29, 1.82) is 0 Å². The van der Waals surface area contributed by atoms with Gasteiger partial charge >= 0.3 is 5.97 Å². The van der Waals surface area contributed by atoms with Crippen LogP contribution in [-0.2, 0) is 9.53 Å². The molecule has 0 saturated heterocycles. The lowest BCUT2D eigenvalue weighted by Gasteiger charge is -1.96. The molecule has 0 aliphatic carbocycles. The molecule has 1 heterocycles. The second kappa shape index (κ2) is 5.11. The maximum atomic E-state index is 12.7. The largest absolute Gasteiger partial charge is 0.456 e. The van der Waals surface area contributed by atoms with Crippen LogP contribution in [0.2, 0.25) is 0 Å². The molecule has 0 bridgehead atoms. The maximum absolute atomic E-state index is 12.7. The first-order valence-electron chi connectivity index (χ1n) is 4.44. The van der Waals surface area contributed by atoms with Crippen LogP contribution in [0.3, 0.4) is 0 Å². The number of halogens is 1. The van der Waals surface area contributed by atoms with E-state index < -0.39 is 11.9 Å². The van der Waals surface area contributed by atoms with Gasteiger partial charge in [-0.2, -0.15) is 4.39 Å². The maximum Gasteiger partial charge on any atom is 0.384 e. The Morgan fingerprint density at radius 1 is 1.67 bits per heavy atom. The number of pyridine rings is 1. The summed E-state index contributed by atoms with van der Waals surface area (Å²) < 4.78 is 17.3. The van der Waals surface area contributed by atoms with Gasteiger partial charge in [0.15, 0.2) is 0 Å². The Hall–Kier alpha value is -1.89. The summed E-state index contributed by atoms with van der Waals surface area (Å²) in [5, 5.41) is 0. The third-order valence-corrected chi connectivity index (χ3v) is 1.64. The van der Waals surface area contributed by atoms with Gasteiger partial charge in [-0.1, -0.05) is 5.92 Å². The topological polar surface area (TPSA) is 39.2 Å². The summed E-state index contributed by atoms with van der Waals surface area (Å²) in [6.07, 6.45) is 1.37. The fourth-order valence-corrected chi connectivity index (χ4v) is 0.918. The molecule has 0 aromatic carbocycles. The molecule has 0 amide bonds. The molecule has 0 aliphatic heterocycles. The minimum absolute atomic E-state index is 0.275. The Morgan fingerprint density at radius 3 is 3.07 bits per heavy atom. The summed E-state index contributed by atoms with van der Waals surface area (Å²) in [4.78, 5) is 14.4. The van der Waals surface area contributed by atoms with E-state index in [9.17, 15) is 9.18 Å². The molecule has 0 N–H and O–H groups in total. The van der Waals surface area contributed by atoms with Crippen LogP contribution in [0.4, 0.5) is 4.39 Å². The van der Waals surface area contributed by atoms with Crippen molar-refractivity contribution in [2.24, 2.45) is 0 Å². The molecule has 0 fully saturated rings. The van der Waals surface area contributed by atoms with Gasteiger partial charge in [-0.25, -0.2) is 9.78 Å². The highest BCUT2D eigenvalue weighted by molar-refractivity contribution is 5.89. The van der Waals surface area contributed by atoms with Crippen LogP contribution in [0.5, 0.6) is 0 Å². The fourth-order valence-electron chi connectivity index (χ4n) is 0.918. The summed E-state index contributed by atoms with van der Waals surface area (Å²) in [5.41, 5.74) is 1.16. The lowest BCUT2D eigenvalue weighted by molar-refractivity contribution is -0.136. The summed E-state index contributed by atoms with van der Waals surface area (Å²) >= 11 is 0. The number of carbonyl (C=O) groups is 1. The third-order valence-electron chi connectivity index (χ3n) is 1.64. The van der Waals surface area contributed by atoms with Gasteiger partial charge in [-0.3, -0.25) is 0 Å². The van der Waals surface area contributed by atoms with E-state index >= 15 is 0 Å². The van der Waals surface area contributed by atoms with Crippen LogP contribution in [0.25, 0.3) is 0 Å². The van der Waals surface area contributed by atoms with Crippen molar-refractivity contribution < 1.29 is 13.9 Å². The van der Waals surface area contributed by atoms with E-state index in [-0.39, 0.29) is 6.61 Å². The number of carbonyl (C=O) groups excluding carboxylic acids is 1. The second-order valence-electron chi connectivity index (χ2n) is 2.79. The molecule has 0 atom stereocenters. The van der Waals surface area contributed by atoms with Crippen LogP contribution in [0.15, 0.2) is 12.3 Å². The zero-order valence-electron chi connectivity index (χ0n) is 8.50. The molecule has 0 unspecified atom stereocenters. The van der Waals surface area contributed by atoms with Gasteiger partial charge in [0.25, 0.3) is 0 Å². The Kier molecular flexibility index (Phi) is 3.81. The van der Waals surface area contributed by atoms with E-state index in [0.29, 0.717) is 11.1 Å².